The topological polar surface area (TPSA) is 46.5 Å². The number of halogens is 1. The minimum absolute atomic E-state index is 0.0701. The molecule has 1 aromatic carbocycles. The van der Waals surface area contributed by atoms with Crippen LogP contribution in [0.1, 0.15) is 36.2 Å². The average Bonchev–Trinajstić information content (AvgIpc) is 3.20. The molecule has 0 radical (unpaired) electrons. The zero-order valence-corrected chi connectivity index (χ0v) is 15.3. The molecular weight excluding hydrogens is 333 g/mol. The zero-order chi connectivity index (χ0) is 18.1. The SMILES string of the molecule is Cn1c(C(=O)NC2(CN3CCOCC3)CCCC2)cc2cc(F)ccc21. The lowest BCUT2D eigenvalue weighted by Gasteiger charge is -2.37. The third-order valence-electron chi connectivity index (χ3n) is 5.81. The molecule has 1 saturated carbocycles. The molecule has 2 heterocycles. The maximum atomic E-state index is 13.5. The quantitative estimate of drug-likeness (QED) is 0.913. The molecule has 140 valence electrons. The summed E-state index contributed by atoms with van der Waals surface area (Å²) in [5.41, 5.74) is 1.28. The number of fused-ring (bicyclic) bond motifs is 1. The van der Waals surface area contributed by atoms with Crippen LogP contribution >= 0.6 is 0 Å². The van der Waals surface area contributed by atoms with E-state index in [9.17, 15) is 9.18 Å². The second-order valence-corrected chi connectivity index (χ2v) is 7.62. The number of rotatable bonds is 4. The smallest absolute Gasteiger partial charge is 0.268 e. The van der Waals surface area contributed by atoms with Crippen molar-refractivity contribution in [2.45, 2.75) is 31.2 Å². The number of carbonyl (C=O) groups is 1. The molecule has 0 unspecified atom stereocenters. The zero-order valence-electron chi connectivity index (χ0n) is 15.3. The normalized spacial score (nSPS) is 20.5. The first-order valence-electron chi connectivity index (χ1n) is 9.44. The van der Waals surface area contributed by atoms with Crippen molar-refractivity contribution in [3.8, 4) is 0 Å². The molecule has 1 aromatic heterocycles. The van der Waals surface area contributed by atoms with Gasteiger partial charge >= 0.3 is 0 Å². The number of carbonyl (C=O) groups excluding carboxylic acids is 1. The van der Waals surface area contributed by atoms with Gasteiger partial charge in [0.1, 0.15) is 11.5 Å². The number of ether oxygens (including phenoxy) is 1. The van der Waals surface area contributed by atoms with Crippen LogP contribution in [0.15, 0.2) is 24.3 Å². The molecule has 2 aliphatic rings. The van der Waals surface area contributed by atoms with E-state index in [-0.39, 0.29) is 17.3 Å². The number of hydrogen-bond donors (Lipinski definition) is 1. The fourth-order valence-electron chi connectivity index (χ4n) is 4.40. The van der Waals surface area contributed by atoms with Gasteiger partial charge < -0.3 is 14.6 Å². The Kier molecular flexibility index (Phi) is 4.71. The molecule has 1 aliphatic heterocycles. The van der Waals surface area contributed by atoms with Gasteiger partial charge in [-0.1, -0.05) is 12.8 Å². The van der Waals surface area contributed by atoms with E-state index in [0.29, 0.717) is 5.69 Å². The molecule has 2 aromatic rings. The van der Waals surface area contributed by atoms with Crippen LogP contribution in [0.25, 0.3) is 10.9 Å². The summed E-state index contributed by atoms with van der Waals surface area (Å²) < 4.78 is 20.8. The average molecular weight is 359 g/mol. The highest BCUT2D eigenvalue weighted by Crippen LogP contribution is 2.31. The summed E-state index contributed by atoms with van der Waals surface area (Å²) >= 11 is 0. The number of nitrogens with zero attached hydrogens (tertiary/aromatic N) is 2. The Bertz CT molecular complexity index is 805. The number of aromatic nitrogens is 1. The van der Waals surface area contributed by atoms with E-state index in [1.54, 1.807) is 12.1 Å². The Morgan fingerprint density at radius 1 is 1.23 bits per heavy atom. The predicted octanol–water partition coefficient (Wildman–Crippen LogP) is 2.69. The third-order valence-corrected chi connectivity index (χ3v) is 5.81. The Hall–Kier alpha value is -1.92. The highest BCUT2D eigenvalue weighted by atomic mass is 19.1. The highest BCUT2D eigenvalue weighted by molar-refractivity contribution is 5.99. The lowest BCUT2D eigenvalue weighted by molar-refractivity contribution is 0.0237. The van der Waals surface area contributed by atoms with Crippen molar-refractivity contribution in [2.75, 3.05) is 32.8 Å². The van der Waals surface area contributed by atoms with Crippen LogP contribution in [0.3, 0.4) is 0 Å². The van der Waals surface area contributed by atoms with Gasteiger partial charge in [-0.3, -0.25) is 9.69 Å². The van der Waals surface area contributed by atoms with E-state index in [4.69, 9.17) is 4.74 Å². The molecule has 26 heavy (non-hydrogen) atoms. The maximum Gasteiger partial charge on any atom is 0.268 e. The van der Waals surface area contributed by atoms with E-state index in [0.717, 1.165) is 69.4 Å². The van der Waals surface area contributed by atoms with Crippen LogP contribution in [0, 0.1) is 5.82 Å². The van der Waals surface area contributed by atoms with Crippen LogP contribution in [0.4, 0.5) is 4.39 Å². The van der Waals surface area contributed by atoms with E-state index in [1.165, 1.54) is 12.1 Å². The lowest BCUT2D eigenvalue weighted by Crippen LogP contribution is -2.55. The number of aryl methyl sites for hydroxylation is 1. The van der Waals surface area contributed by atoms with Crippen LogP contribution in [0.2, 0.25) is 0 Å². The monoisotopic (exact) mass is 359 g/mol. The summed E-state index contributed by atoms with van der Waals surface area (Å²) in [6, 6.07) is 6.41. The Labute approximate surface area is 153 Å². The summed E-state index contributed by atoms with van der Waals surface area (Å²) in [6.45, 7) is 4.24. The van der Waals surface area contributed by atoms with E-state index < -0.39 is 0 Å². The van der Waals surface area contributed by atoms with Crippen molar-refractivity contribution in [3.63, 3.8) is 0 Å². The number of nitrogens with one attached hydrogen (secondary N) is 1. The van der Waals surface area contributed by atoms with Crippen molar-refractivity contribution in [1.29, 1.82) is 0 Å². The van der Waals surface area contributed by atoms with Crippen LogP contribution in [-0.4, -0.2) is 53.8 Å². The molecular formula is C20H26FN3O2. The van der Waals surface area contributed by atoms with Gasteiger partial charge in [0.25, 0.3) is 5.91 Å². The molecule has 1 aliphatic carbocycles. The van der Waals surface area contributed by atoms with E-state index in [1.807, 2.05) is 11.6 Å². The Morgan fingerprint density at radius 3 is 2.69 bits per heavy atom. The summed E-state index contributed by atoms with van der Waals surface area (Å²) in [5, 5.41) is 4.09. The molecule has 0 spiro atoms. The summed E-state index contributed by atoms with van der Waals surface area (Å²) in [7, 11) is 1.86. The summed E-state index contributed by atoms with van der Waals surface area (Å²) in [6.07, 6.45) is 4.30. The van der Waals surface area contributed by atoms with Crippen LogP contribution < -0.4 is 5.32 Å². The second kappa shape index (κ2) is 7.00. The first-order chi connectivity index (χ1) is 12.6. The first-order valence-corrected chi connectivity index (χ1v) is 9.44. The summed E-state index contributed by atoms with van der Waals surface area (Å²) in [5.74, 6) is -0.353. The Morgan fingerprint density at radius 2 is 1.96 bits per heavy atom. The van der Waals surface area contributed by atoms with Gasteiger partial charge in [0, 0.05) is 37.6 Å². The molecule has 1 saturated heterocycles. The largest absolute Gasteiger partial charge is 0.379 e. The molecule has 0 bridgehead atoms. The van der Waals surface area contributed by atoms with Gasteiger partial charge in [0.2, 0.25) is 0 Å². The first kappa shape index (κ1) is 17.5. The second-order valence-electron chi connectivity index (χ2n) is 7.62. The van der Waals surface area contributed by atoms with Crippen LogP contribution in [-0.2, 0) is 11.8 Å². The lowest BCUT2D eigenvalue weighted by atomic mass is 9.96. The van der Waals surface area contributed by atoms with Gasteiger partial charge in [0.15, 0.2) is 0 Å². The molecule has 2 fully saturated rings. The maximum absolute atomic E-state index is 13.5. The molecule has 5 nitrogen and oxygen atoms in total. The summed E-state index contributed by atoms with van der Waals surface area (Å²) in [4.78, 5) is 15.4. The number of morpholine rings is 1. The van der Waals surface area contributed by atoms with Crippen molar-refractivity contribution >= 4 is 16.8 Å². The minimum atomic E-state index is -0.283. The predicted molar refractivity (Wildman–Crippen MR) is 98.8 cm³/mol. The van der Waals surface area contributed by atoms with Crippen molar-refractivity contribution < 1.29 is 13.9 Å². The third kappa shape index (κ3) is 3.35. The van der Waals surface area contributed by atoms with Crippen molar-refractivity contribution in [2.24, 2.45) is 7.05 Å². The molecule has 1 N–H and O–H groups in total. The minimum Gasteiger partial charge on any atom is -0.379 e. The number of benzene rings is 1. The van der Waals surface area contributed by atoms with Crippen molar-refractivity contribution in [1.82, 2.24) is 14.8 Å². The van der Waals surface area contributed by atoms with E-state index in [2.05, 4.69) is 10.2 Å². The Balaban J connectivity index is 1.56. The number of hydrogen-bond acceptors (Lipinski definition) is 3. The molecule has 6 heteroatoms. The van der Waals surface area contributed by atoms with Gasteiger partial charge in [0.05, 0.1) is 18.8 Å². The van der Waals surface area contributed by atoms with Gasteiger partial charge in [-0.25, -0.2) is 4.39 Å². The molecule has 1 amide bonds. The van der Waals surface area contributed by atoms with Crippen molar-refractivity contribution in [3.05, 3.63) is 35.8 Å². The standard InChI is InChI=1S/C20H26FN3O2/c1-23-17-5-4-16(21)12-15(17)13-18(23)19(25)22-20(6-2-3-7-20)14-24-8-10-26-11-9-24/h4-5,12-13H,2-3,6-11,14H2,1H3,(H,22,25). The fourth-order valence-corrected chi connectivity index (χ4v) is 4.40. The molecule has 4 rings (SSSR count). The fraction of sp³-hybridized carbons (Fsp3) is 0.550. The van der Waals surface area contributed by atoms with Gasteiger partial charge in [-0.2, -0.15) is 0 Å². The van der Waals surface area contributed by atoms with Crippen LogP contribution in [0.5, 0.6) is 0 Å². The number of amides is 1. The highest BCUT2D eigenvalue weighted by Gasteiger charge is 2.38. The van der Waals surface area contributed by atoms with Gasteiger partial charge in [-0.15, -0.1) is 0 Å². The van der Waals surface area contributed by atoms with Gasteiger partial charge in [-0.05, 0) is 37.1 Å². The van der Waals surface area contributed by atoms with E-state index >= 15 is 0 Å². The molecule has 0 atom stereocenters.